The molecule has 1 rings (SSSR count). The van der Waals surface area contributed by atoms with E-state index in [2.05, 4.69) is 0 Å². The van der Waals surface area contributed by atoms with E-state index in [4.69, 9.17) is 9.84 Å². The number of nitrogens with one attached hydrogen (secondary N) is 1. The van der Waals surface area contributed by atoms with Crippen LogP contribution in [0.3, 0.4) is 0 Å². The van der Waals surface area contributed by atoms with Crippen LogP contribution in [0.25, 0.3) is 0 Å². The zero-order chi connectivity index (χ0) is 19.9. The molecule has 1 aromatic carbocycles. The minimum atomic E-state index is -4.14. The number of hydrogen-bond acceptors (Lipinski definition) is 6. The fraction of sp³-hybridized carbons (Fsp3) is 0.500. The van der Waals surface area contributed by atoms with Crippen LogP contribution in [0.5, 0.6) is 5.75 Å². The molecule has 1 amide bonds. The Morgan fingerprint density at radius 1 is 1.23 bits per heavy atom. The normalized spacial score (nSPS) is 12.7. The number of carboxylic acids is 1. The lowest BCUT2D eigenvalue weighted by Gasteiger charge is -2.27. The fourth-order valence-corrected chi connectivity index (χ4v) is 3.45. The molecule has 1 atom stereocenters. The molecule has 0 heterocycles. The molecule has 0 aliphatic carbocycles. The van der Waals surface area contributed by atoms with E-state index in [-0.39, 0.29) is 24.1 Å². The van der Waals surface area contributed by atoms with Crippen LogP contribution in [-0.4, -0.2) is 67.8 Å². The SMILES string of the molecule is COc1ccc(S(=O)(=O)NC(CC(=O)N(CCO)C(C)C)C(=O)O)cc1. The highest BCUT2D eigenvalue weighted by Crippen LogP contribution is 2.16. The second-order valence-corrected chi connectivity index (χ2v) is 7.51. The van der Waals surface area contributed by atoms with Crippen LogP contribution in [0.15, 0.2) is 29.2 Å². The van der Waals surface area contributed by atoms with Gasteiger partial charge in [0.15, 0.2) is 0 Å². The van der Waals surface area contributed by atoms with Crippen LogP contribution in [0.2, 0.25) is 0 Å². The highest BCUT2D eigenvalue weighted by molar-refractivity contribution is 7.89. The molecular weight excluding hydrogens is 364 g/mol. The van der Waals surface area contributed by atoms with Gasteiger partial charge < -0.3 is 19.8 Å². The third-order valence-electron chi connectivity index (χ3n) is 3.63. The van der Waals surface area contributed by atoms with Crippen molar-refractivity contribution in [3.63, 3.8) is 0 Å². The molecule has 3 N–H and O–H groups in total. The summed E-state index contributed by atoms with van der Waals surface area (Å²) >= 11 is 0. The number of amides is 1. The molecule has 0 aliphatic rings. The average Bonchev–Trinajstić information content (AvgIpc) is 2.58. The predicted molar refractivity (Wildman–Crippen MR) is 93.3 cm³/mol. The molecular formula is C16H24N2O7S. The van der Waals surface area contributed by atoms with Gasteiger partial charge in [0.05, 0.1) is 25.0 Å². The molecule has 0 saturated heterocycles. The molecule has 0 fully saturated rings. The number of aliphatic carboxylic acids is 1. The minimum Gasteiger partial charge on any atom is -0.497 e. The van der Waals surface area contributed by atoms with E-state index >= 15 is 0 Å². The number of rotatable bonds is 10. The first-order chi connectivity index (χ1) is 12.1. The maximum absolute atomic E-state index is 12.4. The molecule has 0 spiro atoms. The lowest BCUT2D eigenvalue weighted by Crippen LogP contribution is -2.47. The smallest absolute Gasteiger partial charge is 0.322 e. The van der Waals surface area contributed by atoms with E-state index in [0.29, 0.717) is 5.75 Å². The predicted octanol–water partition coefficient (Wildman–Crippen LogP) is 0.0461. The summed E-state index contributed by atoms with van der Waals surface area (Å²) in [5.74, 6) is -1.59. The lowest BCUT2D eigenvalue weighted by molar-refractivity contribution is -0.143. The molecule has 1 unspecified atom stereocenters. The summed E-state index contributed by atoms with van der Waals surface area (Å²) in [6.45, 7) is 3.18. The Hall–Kier alpha value is -2.17. The molecule has 0 aromatic heterocycles. The van der Waals surface area contributed by atoms with Crippen LogP contribution in [0, 0.1) is 0 Å². The quantitative estimate of drug-likeness (QED) is 0.515. The Labute approximate surface area is 152 Å². The van der Waals surface area contributed by atoms with Crippen molar-refractivity contribution in [1.82, 2.24) is 9.62 Å². The number of hydrogen-bond donors (Lipinski definition) is 3. The van der Waals surface area contributed by atoms with E-state index in [9.17, 15) is 23.1 Å². The first kappa shape index (κ1) is 21.9. The summed E-state index contributed by atoms with van der Waals surface area (Å²) in [5, 5.41) is 18.3. The van der Waals surface area contributed by atoms with Gasteiger partial charge in [0.25, 0.3) is 0 Å². The van der Waals surface area contributed by atoms with Crippen molar-refractivity contribution in [2.24, 2.45) is 0 Å². The zero-order valence-electron chi connectivity index (χ0n) is 14.9. The van der Waals surface area contributed by atoms with Gasteiger partial charge >= 0.3 is 5.97 Å². The standard InChI is InChI=1S/C16H24N2O7S/c1-11(2)18(8-9-19)15(20)10-14(16(21)22)17-26(23,24)13-6-4-12(25-3)5-7-13/h4-7,11,14,17,19H,8-10H2,1-3H3,(H,21,22). The first-order valence-electron chi connectivity index (χ1n) is 7.92. The van der Waals surface area contributed by atoms with E-state index in [0.717, 1.165) is 0 Å². The van der Waals surface area contributed by atoms with Gasteiger partial charge in [-0.15, -0.1) is 0 Å². The Bertz CT molecular complexity index is 717. The Balaban J connectivity index is 2.96. The van der Waals surface area contributed by atoms with Gasteiger partial charge in [-0.3, -0.25) is 9.59 Å². The van der Waals surface area contributed by atoms with Gasteiger partial charge in [0.2, 0.25) is 15.9 Å². The first-order valence-corrected chi connectivity index (χ1v) is 9.40. The number of carbonyl (C=O) groups excluding carboxylic acids is 1. The number of ether oxygens (including phenoxy) is 1. The fourth-order valence-electron chi connectivity index (χ4n) is 2.26. The number of aliphatic hydroxyl groups excluding tert-OH is 1. The summed E-state index contributed by atoms with van der Waals surface area (Å²) in [6.07, 6.45) is -0.567. The van der Waals surface area contributed by atoms with Crippen molar-refractivity contribution in [2.75, 3.05) is 20.3 Å². The summed E-state index contributed by atoms with van der Waals surface area (Å²) in [4.78, 5) is 24.9. The van der Waals surface area contributed by atoms with Gasteiger partial charge in [-0.25, -0.2) is 8.42 Å². The Morgan fingerprint density at radius 2 is 1.81 bits per heavy atom. The van der Waals surface area contributed by atoms with E-state index in [1.165, 1.54) is 36.3 Å². The summed E-state index contributed by atoms with van der Waals surface area (Å²) in [5.41, 5.74) is 0. The number of sulfonamides is 1. The van der Waals surface area contributed by atoms with Crippen molar-refractivity contribution < 1.29 is 33.0 Å². The van der Waals surface area contributed by atoms with E-state index < -0.39 is 34.4 Å². The number of carboxylic acid groups (broad SMARTS) is 1. The van der Waals surface area contributed by atoms with Crippen LogP contribution in [-0.2, 0) is 19.6 Å². The highest BCUT2D eigenvalue weighted by Gasteiger charge is 2.30. The second kappa shape index (κ2) is 9.51. The molecule has 0 bridgehead atoms. The minimum absolute atomic E-state index is 0.0358. The zero-order valence-corrected chi connectivity index (χ0v) is 15.7. The summed E-state index contributed by atoms with van der Waals surface area (Å²) in [7, 11) is -2.71. The maximum Gasteiger partial charge on any atom is 0.322 e. The number of methoxy groups -OCH3 is 1. The van der Waals surface area contributed by atoms with Crippen molar-refractivity contribution >= 4 is 21.9 Å². The van der Waals surface area contributed by atoms with Crippen molar-refractivity contribution in [1.29, 1.82) is 0 Å². The summed E-state index contributed by atoms with van der Waals surface area (Å²) < 4.78 is 31.7. The van der Waals surface area contributed by atoms with E-state index in [1.807, 2.05) is 4.72 Å². The van der Waals surface area contributed by atoms with Crippen molar-refractivity contribution in [3.05, 3.63) is 24.3 Å². The lowest BCUT2D eigenvalue weighted by atomic mass is 10.2. The van der Waals surface area contributed by atoms with Gasteiger partial charge in [-0.1, -0.05) is 0 Å². The number of benzene rings is 1. The molecule has 146 valence electrons. The second-order valence-electron chi connectivity index (χ2n) is 5.80. The molecule has 0 saturated carbocycles. The van der Waals surface area contributed by atoms with Gasteiger partial charge in [-0.05, 0) is 38.1 Å². The Morgan fingerprint density at radius 3 is 2.23 bits per heavy atom. The Kier molecular flexibility index (Phi) is 8.00. The topological polar surface area (TPSA) is 133 Å². The molecule has 9 nitrogen and oxygen atoms in total. The summed E-state index contributed by atoms with van der Waals surface area (Å²) in [6, 6.07) is 3.51. The van der Waals surface area contributed by atoms with Crippen LogP contribution >= 0.6 is 0 Å². The molecule has 0 radical (unpaired) electrons. The van der Waals surface area contributed by atoms with Crippen LogP contribution in [0.1, 0.15) is 20.3 Å². The van der Waals surface area contributed by atoms with Crippen molar-refractivity contribution in [3.8, 4) is 5.75 Å². The largest absolute Gasteiger partial charge is 0.497 e. The van der Waals surface area contributed by atoms with Crippen LogP contribution in [0.4, 0.5) is 0 Å². The highest BCUT2D eigenvalue weighted by atomic mass is 32.2. The number of aliphatic hydroxyl groups is 1. The monoisotopic (exact) mass is 388 g/mol. The van der Waals surface area contributed by atoms with Crippen LogP contribution < -0.4 is 9.46 Å². The average molecular weight is 388 g/mol. The maximum atomic E-state index is 12.4. The third-order valence-corrected chi connectivity index (χ3v) is 5.12. The molecule has 10 heteroatoms. The molecule has 0 aliphatic heterocycles. The number of carbonyl (C=O) groups is 2. The molecule has 26 heavy (non-hydrogen) atoms. The van der Waals surface area contributed by atoms with Crippen molar-refractivity contribution in [2.45, 2.75) is 37.2 Å². The van der Waals surface area contributed by atoms with Gasteiger partial charge in [0.1, 0.15) is 11.8 Å². The molecule has 1 aromatic rings. The number of nitrogens with zero attached hydrogens (tertiary/aromatic N) is 1. The van der Waals surface area contributed by atoms with E-state index in [1.54, 1.807) is 13.8 Å². The van der Waals surface area contributed by atoms with Gasteiger partial charge in [-0.2, -0.15) is 4.72 Å². The third kappa shape index (κ3) is 5.97. The van der Waals surface area contributed by atoms with Gasteiger partial charge in [0, 0.05) is 12.6 Å².